The van der Waals surface area contributed by atoms with Gasteiger partial charge in [-0.2, -0.15) is 10.2 Å². The van der Waals surface area contributed by atoms with E-state index in [-0.39, 0.29) is 0 Å². The molecule has 1 N–H and O–H groups in total. The molecule has 0 unspecified atom stereocenters. The maximum atomic E-state index is 4.42. The SMILES string of the molecule is CNCc1cnn(Cc2cc(C)nn2C)c1C. The highest BCUT2D eigenvalue weighted by Gasteiger charge is 2.08. The van der Waals surface area contributed by atoms with Crippen LogP contribution in [0.5, 0.6) is 0 Å². The van der Waals surface area contributed by atoms with E-state index in [0.29, 0.717) is 0 Å². The van der Waals surface area contributed by atoms with Gasteiger partial charge in [-0.05, 0) is 27.0 Å². The van der Waals surface area contributed by atoms with Gasteiger partial charge >= 0.3 is 0 Å². The molecule has 5 nitrogen and oxygen atoms in total. The van der Waals surface area contributed by atoms with Gasteiger partial charge in [-0.1, -0.05) is 0 Å². The van der Waals surface area contributed by atoms with Gasteiger partial charge in [-0.15, -0.1) is 0 Å². The largest absolute Gasteiger partial charge is 0.316 e. The molecule has 5 heteroatoms. The van der Waals surface area contributed by atoms with Gasteiger partial charge in [0.15, 0.2) is 0 Å². The molecule has 0 atom stereocenters. The third-order valence-electron chi connectivity index (χ3n) is 2.98. The molecular weight excluding hydrogens is 214 g/mol. The van der Waals surface area contributed by atoms with Crippen molar-refractivity contribution in [1.82, 2.24) is 24.9 Å². The highest BCUT2D eigenvalue weighted by molar-refractivity contribution is 5.17. The van der Waals surface area contributed by atoms with E-state index in [1.54, 1.807) is 0 Å². The maximum absolute atomic E-state index is 4.42. The Balaban J connectivity index is 2.21. The van der Waals surface area contributed by atoms with Gasteiger partial charge in [0.05, 0.1) is 24.1 Å². The lowest BCUT2D eigenvalue weighted by Gasteiger charge is -2.05. The summed E-state index contributed by atoms with van der Waals surface area (Å²) in [6, 6.07) is 2.10. The minimum atomic E-state index is 0.771. The summed E-state index contributed by atoms with van der Waals surface area (Å²) < 4.78 is 3.93. The summed E-state index contributed by atoms with van der Waals surface area (Å²) in [6.07, 6.45) is 1.93. The first-order valence-corrected chi connectivity index (χ1v) is 5.77. The van der Waals surface area contributed by atoms with E-state index in [2.05, 4.69) is 28.5 Å². The molecule has 0 fully saturated rings. The van der Waals surface area contributed by atoms with E-state index in [1.165, 1.54) is 17.0 Å². The number of aryl methyl sites for hydroxylation is 2. The molecule has 0 aliphatic rings. The van der Waals surface area contributed by atoms with E-state index in [1.807, 2.05) is 36.6 Å². The zero-order valence-electron chi connectivity index (χ0n) is 10.9. The molecule has 0 saturated heterocycles. The number of nitrogens with zero attached hydrogens (tertiary/aromatic N) is 4. The number of rotatable bonds is 4. The molecule has 2 aromatic rings. The Kier molecular flexibility index (Phi) is 3.28. The lowest BCUT2D eigenvalue weighted by Crippen LogP contribution is -2.10. The summed E-state index contributed by atoms with van der Waals surface area (Å²) in [6.45, 7) is 5.73. The van der Waals surface area contributed by atoms with Crippen molar-refractivity contribution in [1.29, 1.82) is 0 Å². The summed E-state index contributed by atoms with van der Waals surface area (Å²) in [7, 11) is 3.91. The second-order valence-corrected chi connectivity index (χ2v) is 4.34. The van der Waals surface area contributed by atoms with E-state index in [0.717, 1.165) is 18.8 Å². The Morgan fingerprint density at radius 3 is 2.71 bits per heavy atom. The second-order valence-electron chi connectivity index (χ2n) is 4.34. The molecule has 0 radical (unpaired) electrons. The van der Waals surface area contributed by atoms with Crippen molar-refractivity contribution in [2.45, 2.75) is 26.9 Å². The molecule has 17 heavy (non-hydrogen) atoms. The second kappa shape index (κ2) is 4.71. The third-order valence-corrected chi connectivity index (χ3v) is 2.98. The third kappa shape index (κ3) is 2.39. The number of hydrogen-bond donors (Lipinski definition) is 1. The normalized spacial score (nSPS) is 11.1. The molecule has 2 heterocycles. The quantitative estimate of drug-likeness (QED) is 0.857. The maximum Gasteiger partial charge on any atom is 0.0831 e. The highest BCUT2D eigenvalue weighted by atomic mass is 15.3. The van der Waals surface area contributed by atoms with Crippen LogP contribution in [0.15, 0.2) is 12.3 Å². The van der Waals surface area contributed by atoms with Crippen LogP contribution in [-0.4, -0.2) is 26.6 Å². The molecule has 0 bridgehead atoms. The van der Waals surface area contributed by atoms with Gasteiger partial charge in [0.2, 0.25) is 0 Å². The van der Waals surface area contributed by atoms with Crippen molar-refractivity contribution in [2.75, 3.05) is 7.05 Å². The topological polar surface area (TPSA) is 47.7 Å². The van der Waals surface area contributed by atoms with Crippen molar-refractivity contribution in [2.24, 2.45) is 7.05 Å². The molecule has 2 rings (SSSR count). The van der Waals surface area contributed by atoms with Gasteiger partial charge in [0.1, 0.15) is 0 Å². The molecule has 0 saturated carbocycles. The number of nitrogens with one attached hydrogen (secondary N) is 1. The summed E-state index contributed by atoms with van der Waals surface area (Å²) in [4.78, 5) is 0. The highest BCUT2D eigenvalue weighted by Crippen LogP contribution is 2.10. The molecule has 0 aliphatic heterocycles. The lowest BCUT2D eigenvalue weighted by molar-refractivity contribution is 0.605. The molecule has 0 amide bonds. The molecule has 92 valence electrons. The minimum absolute atomic E-state index is 0.771. The van der Waals surface area contributed by atoms with E-state index >= 15 is 0 Å². The van der Waals surface area contributed by atoms with Crippen molar-refractivity contribution in [3.63, 3.8) is 0 Å². The Labute approximate surface area is 101 Å². The summed E-state index contributed by atoms with van der Waals surface area (Å²) in [5, 5.41) is 11.9. The first-order valence-electron chi connectivity index (χ1n) is 5.77. The fourth-order valence-corrected chi connectivity index (χ4v) is 1.97. The lowest BCUT2D eigenvalue weighted by atomic mass is 10.2. The van der Waals surface area contributed by atoms with Crippen molar-refractivity contribution in [3.8, 4) is 0 Å². The number of hydrogen-bond acceptors (Lipinski definition) is 3. The predicted molar refractivity (Wildman–Crippen MR) is 66.8 cm³/mol. The Morgan fingerprint density at radius 1 is 1.35 bits per heavy atom. The van der Waals surface area contributed by atoms with Crippen molar-refractivity contribution < 1.29 is 0 Å². The molecule has 0 aromatic carbocycles. The van der Waals surface area contributed by atoms with E-state index in [9.17, 15) is 0 Å². The standard InChI is InChI=1S/C12H19N5/c1-9-5-12(16(4)15-9)8-17-10(2)11(6-13-3)7-14-17/h5,7,13H,6,8H2,1-4H3. The fraction of sp³-hybridized carbons (Fsp3) is 0.500. The average molecular weight is 233 g/mol. The molecule has 2 aromatic heterocycles. The first-order chi connectivity index (χ1) is 8.11. The monoisotopic (exact) mass is 233 g/mol. The van der Waals surface area contributed by atoms with Crippen LogP contribution in [0.25, 0.3) is 0 Å². The minimum Gasteiger partial charge on any atom is -0.316 e. The van der Waals surface area contributed by atoms with Crippen LogP contribution in [0.3, 0.4) is 0 Å². The fourth-order valence-electron chi connectivity index (χ4n) is 1.97. The zero-order valence-corrected chi connectivity index (χ0v) is 10.9. The molecule has 0 aliphatic carbocycles. The van der Waals surface area contributed by atoms with Gasteiger partial charge < -0.3 is 5.32 Å². The van der Waals surface area contributed by atoms with Gasteiger partial charge in [0.25, 0.3) is 0 Å². The van der Waals surface area contributed by atoms with Crippen LogP contribution in [-0.2, 0) is 20.1 Å². The Hall–Kier alpha value is -1.62. The summed E-state index contributed by atoms with van der Waals surface area (Å²) in [5.74, 6) is 0. The van der Waals surface area contributed by atoms with Crippen LogP contribution in [0.2, 0.25) is 0 Å². The van der Waals surface area contributed by atoms with E-state index in [4.69, 9.17) is 0 Å². The van der Waals surface area contributed by atoms with Crippen LogP contribution in [0.4, 0.5) is 0 Å². The zero-order chi connectivity index (χ0) is 12.4. The van der Waals surface area contributed by atoms with Crippen LogP contribution in [0, 0.1) is 13.8 Å². The summed E-state index contributed by atoms with van der Waals surface area (Å²) in [5.41, 5.74) is 4.66. The molecular formula is C12H19N5. The van der Waals surface area contributed by atoms with Crippen LogP contribution < -0.4 is 5.32 Å². The predicted octanol–water partition coefficient (Wildman–Crippen LogP) is 1.00. The number of aromatic nitrogens is 4. The van der Waals surface area contributed by atoms with Crippen LogP contribution in [0.1, 0.15) is 22.6 Å². The Morgan fingerprint density at radius 2 is 2.12 bits per heavy atom. The van der Waals surface area contributed by atoms with Gasteiger partial charge in [0, 0.05) is 24.8 Å². The van der Waals surface area contributed by atoms with Gasteiger partial charge in [-0.25, -0.2) is 0 Å². The summed E-state index contributed by atoms with van der Waals surface area (Å²) >= 11 is 0. The molecule has 0 spiro atoms. The first kappa shape index (κ1) is 11.9. The van der Waals surface area contributed by atoms with E-state index < -0.39 is 0 Å². The Bertz CT molecular complexity index is 509. The average Bonchev–Trinajstić information content (AvgIpc) is 2.76. The smallest absolute Gasteiger partial charge is 0.0831 e. The van der Waals surface area contributed by atoms with Crippen LogP contribution >= 0.6 is 0 Å². The van der Waals surface area contributed by atoms with Gasteiger partial charge in [-0.3, -0.25) is 9.36 Å². The van der Waals surface area contributed by atoms with Crippen molar-refractivity contribution >= 4 is 0 Å². The van der Waals surface area contributed by atoms with Crippen molar-refractivity contribution in [3.05, 3.63) is 34.9 Å².